The number of carbonyl (C=O) groups is 1. The van der Waals surface area contributed by atoms with Gasteiger partial charge in [-0.2, -0.15) is 13.2 Å². The third-order valence-corrected chi connectivity index (χ3v) is 5.08. The van der Waals surface area contributed by atoms with Crippen molar-refractivity contribution in [3.63, 3.8) is 0 Å². The zero-order valence-corrected chi connectivity index (χ0v) is 15.9. The van der Waals surface area contributed by atoms with Crippen molar-refractivity contribution in [2.75, 3.05) is 26.7 Å². The standard InChI is InChI=1S/C20H22F3N3O3/c1-26-8-6-12(7-9-26)11-29-14-4-2-13(3-5-14)15-10-16(18(24)27)19(28)25-17(15)20(21,22)23/h2-5,10,12H,6-9,11H2,1H3,(H2,24,27)(H,25,28). The lowest BCUT2D eigenvalue weighted by Crippen LogP contribution is -2.32. The first-order valence-electron chi connectivity index (χ1n) is 9.21. The lowest BCUT2D eigenvalue weighted by Gasteiger charge is -2.28. The van der Waals surface area contributed by atoms with Crippen LogP contribution in [-0.2, 0) is 6.18 Å². The van der Waals surface area contributed by atoms with E-state index in [9.17, 15) is 22.8 Å². The van der Waals surface area contributed by atoms with Gasteiger partial charge >= 0.3 is 6.18 Å². The summed E-state index contributed by atoms with van der Waals surface area (Å²) in [5.74, 6) is -0.111. The van der Waals surface area contributed by atoms with E-state index in [0.717, 1.165) is 32.0 Å². The number of aromatic nitrogens is 1. The smallest absolute Gasteiger partial charge is 0.431 e. The number of aromatic amines is 1. The molecule has 29 heavy (non-hydrogen) atoms. The molecule has 2 heterocycles. The van der Waals surface area contributed by atoms with E-state index < -0.39 is 28.9 Å². The molecule has 2 aromatic rings. The summed E-state index contributed by atoms with van der Waals surface area (Å²) in [5, 5.41) is 0. The Kier molecular flexibility index (Phi) is 5.97. The fourth-order valence-electron chi connectivity index (χ4n) is 3.34. The highest BCUT2D eigenvalue weighted by Crippen LogP contribution is 2.35. The van der Waals surface area contributed by atoms with Gasteiger partial charge in [-0.15, -0.1) is 0 Å². The van der Waals surface area contributed by atoms with Crippen LogP contribution < -0.4 is 16.0 Å². The molecule has 0 spiro atoms. The topological polar surface area (TPSA) is 88.4 Å². The molecule has 1 aliphatic rings. The van der Waals surface area contributed by atoms with E-state index in [4.69, 9.17) is 10.5 Å². The first-order chi connectivity index (χ1) is 13.6. The summed E-state index contributed by atoms with van der Waals surface area (Å²) >= 11 is 0. The molecule has 1 aliphatic heterocycles. The molecule has 3 rings (SSSR count). The van der Waals surface area contributed by atoms with E-state index in [-0.39, 0.29) is 11.1 Å². The van der Waals surface area contributed by atoms with E-state index in [0.29, 0.717) is 18.3 Å². The Morgan fingerprint density at radius 2 is 1.86 bits per heavy atom. The number of piperidine rings is 1. The molecule has 1 saturated heterocycles. The van der Waals surface area contributed by atoms with Crippen LogP contribution in [0.3, 0.4) is 0 Å². The lowest BCUT2D eigenvalue weighted by atomic mass is 9.98. The number of hydrogen-bond acceptors (Lipinski definition) is 4. The number of primary amides is 1. The summed E-state index contributed by atoms with van der Waals surface area (Å²) in [7, 11) is 2.07. The molecule has 0 radical (unpaired) electrons. The van der Waals surface area contributed by atoms with Crippen LogP contribution >= 0.6 is 0 Å². The number of H-pyrrole nitrogens is 1. The Labute approximate surface area is 165 Å². The molecule has 0 aliphatic carbocycles. The summed E-state index contributed by atoms with van der Waals surface area (Å²) < 4.78 is 45.9. The highest BCUT2D eigenvalue weighted by Gasteiger charge is 2.36. The average Bonchev–Trinajstić information content (AvgIpc) is 2.67. The van der Waals surface area contributed by atoms with E-state index in [1.807, 2.05) is 0 Å². The average molecular weight is 409 g/mol. The van der Waals surface area contributed by atoms with Crippen LogP contribution in [0.25, 0.3) is 11.1 Å². The normalized spacial score (nSPS) is 16.0. The van der Waals surface area contributed by atoms with Gasteiger partial charge in [0.05, 0.1) is 6.61 Å². The van der Waals surface area contributed by atoms with E-state index in [1.165, 1.54) is 12.1 Å². The van der Waals surface area contributed by atoms with Crippen LogP contribution in [0.2, 0.25) is 0 Å². The number of nitrogens with one attached hydrogen (secondary N) is 1. The van der Waals surface area contributed by atoms with Gasteiger partial charge < -0.3 is 20.4 Å². The molecule has 1 aromatic heterocycles. The summed E-state index contributed by atoms with van der Waals surface area (Å²) in [4.78, 5) is 27.1. The lowest BCUT2D eigenvalue weighted by molar-refractivity contribution is -0.140. The number of nitrogens with two attached hydrogens (primary N) is 1. The number of nitrogens with zero attached hydrogens (tertiary/aromatic N) is 1. The fraction of sp³-hybridized carbons (Fsp3) is 0.400. The number of rotatable bonds is 5. The fourth-order valence-corrected chi connectivity index (χ4v) is 3.34. The monoisotopic (exact) mass is 409 g/mol. The molecule has 1 fully saturated rings. The van der Waals surface area contributed by atoms with Crippen molar-refractivity contribution in [2.24, 2.45) is 11.7 Å². The van der Waals surface area contributed by atoms with Crippen LogP contribution in [-0.4, -0.2) is 42.5 Å². The summed E-state index contributed by atoms with van der Waals surface area (Å²) in [6, 6.07) is 6.92. The maximum absolute atomic E-state index is 13.4. The van der Waals surface area contributed by atoms with Crippen molar-refractivity contribution in [3.05, 3.63) is 51.9 Å². The number of hydrogen-bond donors (Lipinski definition) is 2. The van der Waals surface area contributed by atoms with E-state index in [1.54, 1.807) is 17.1 Å². The number of benzene rings is 1. The summed E-state index contributed by atoms with van der Waals surface area (Å²) in [5.41, 5.74) is 2.02. The molecule has 0 atom stereocenters. The summed E-state index contributed by atoms with van der Waals surface area (Å²) in [6.45, 7) is 2.58. The highest BCUT2D eigenvalue weighted by atomic mass is 19.4. The highest BCUT2D eigenvalue weighted by molar-refractivity contribution is 5.93. The summed E-state index contributed by atoms with van der Waals surface area (Å²) in [6.07, 6.45) is -2.72. The Morgan fingerprint density at radius 1 is 1.24 bits per heavy atom. The van der Waals surface area contributed by atoms with E-state index in [2.05, 4.69) is 11.9 Å². The predicted octanol–water partition coefficient (Wildman–Crippen LogP) is 2.88. The maximum Gasteiger partial charge on any atom is 0.431 e. The zero-order valence-electron chi connectivity index (χ0n) is 15.9. The first-order valence-corrected chi connectivity index (χ1v) is 9.21. The molecule has 156 valence electrons. The van der Waals surface area contributed by atoms with Gasteiger partial charge in [0.15, 0.2) is 0 Å². The Morgan fingerprint density at radius 3 is 2.41 bits per heavy atom. The molecule has 1 amide bonds. The molecular weight excluding hydrogens is 387 g/mol. The number of carbonyl (C=O) groups excluding carboxylic acids is 1. The van der Waals surface area contributed by atoms with Gasteiger partial charge in [0.2, 0.25) is 0 Å². The Hall–Kier alpha value is -2.81. The Balaban J connectivity index is 1.82. The number of alkyl halides is 3. The van der Waals surface area contributed by atoms with Gasteiger partial charge in [0, 0.05) is 5.56 Å². The number of ether oxygens (including phenoxy) is 1. The van der Waals surface area contributed by atoms with Crippen LogP contribution in [0.4, 0.5) is 13.2 Å². The molecule has 0 saturated carbocycles. The Bertz CT molecular complexity index is 931. The molecular formula is C20H22F3N3O3. The first kappa shape index (κ1) is 20.9. The van der Waals surface area contributed by atoms with Gasteiger partial charge in [0.25, 0.3) is 11.5 Å². The van der Waals surface area contributed by atoms with Crippen molar-refractivity contribution in [2.45, 2.75) is 19.0 Å². The van der Waals surface area contributed by atoms with Gasteiger partial charge in [-0.05, 0) is 62.7 Å². The van der Waals surface area contributed by atoms with Gasteiger partial charge in [-0.1, -0.05) is 12.1 Å². The second-order valence-electron chi connectivity index (χ2n) is 7.24. The van der Waals surface area contributed by atoms with Gasteiger partial charge in [-0.3, -0.25) is 9.59 Å². The third kappa shape index (κ3) is 4.97. The minimum atomic E-state index is -4.80. The molecule has 9 heteroatoms. The van der Waals surface area contributed by atoms with Crippen molar-refractivity contribution in [3.8, 4) is 16.9 Å². The number of likely N-dealkylation sites (tertiary alicyclic amines) is 1. The second-order valence-corrected chi connectivity index (χ2v) is 7.24. The molecule has 1 aromatic carbocycles. The van der Waals surface area contributed by atoms with Crippen LogP contribution in [0, 0.1) is 5.92 Å². The quantitative estimate of drug-likeness (QED) is 0.795. The molecule has 0 bridgehead atoms. The zero-order chi connectivity index (χ0) is 21.2. The molecule has 6 nitrogen and oxygen atoms in total. The second kappa shape index (κ2) is 8.28. The number of pyridine rings is 1. The SMILES string of the molecule is CN1CCC(COc2ccc(-c3cc(C(N)=O)c(=O)[nH]c3C(F)(F)F)cc2)CC1. The largest absolute Gasteiger partial charge is 0.493 e. The van der Waals surface area contributed by atoms with Crippen molar-refractivity contribution in [1.82, 2.24) is 9.88 Å². The minimum absolute atomic E-state index is 0.183. The van der Waals surface area contributed by atoms with Gasteiger partial charge in [0.1, 0.15) is 17.0 Å². The van der Waals surface area contributed by atoms with Crippen LogP contribution in [0.5, 0.6) is 5.75 Å². The minimum Gasteiger partial charge on any atom is -0.493 e. The maximum atomic E-state index is 13.4. The third-order valence-electron chi connectivity index (χ3n) is 5.08. The van der Waals surface area contributed by atoms with Crippen LogP contribution in [0.15, 0.2) is 35.1 Å². The predicted molar refractivity (Wildman–Crippen MR) is 102 cm³/mol. The van der Waals surface area contributed by atoms with E-state index >= 15 is 0 Å². The number of amides is 1. The van der Waals surface area contributed by atoms with Crippen molar-refractivity contribution < 1.29 is 22.7 Å². The van der Waals surface area contributed by atoms with Crippen molar-refractivity contribution in [1.29, 1.82) is 0 Å². The number of halogens is 3. The van der Waals surface area contributed by atoms with Crippen LogP contribution in [0.1, 0.15) is 28.9 Å². The van der Waals surface area contributed by atoms with Gasteiger partial charge in [-0.25, -0.2) is 0 Å². The van der Waals surface area contributed by atoms with Crippen molar-refractivity contribution >= 4 is 5.91 Å². The molecule has 3 N–H and O–H groups in total. The molecule has 0 unspecified atom stereocenters.